The normalized spacial score (nSPS) is 9.88. The number of carbonyl (C=O) groups is 2. The van der Waals surface area contributed by atoms with Crippen molar-refractivity contribution >= 4 is 80.1 Å². The Bertz CT molecular complexity index is 3860. The number of rotatable bonds is 7. The van der Waals surface area contributed by atoms with Crippen molar-refractivity contribution in [1.29, 1.82) is 5.26 Å². The summed E-state index contributed by atoms with van der Waals surface area (Å²) in [7, 11) is 0. The van der Waals surface area contributed by atoms with Gasteiger partial charge < -0.3 is 32.9 Å². The van der Waals surface area contributed by atoms with Crippen molar-refractivity contribution < 1.29 is 14.7 Å². The number of nitrogens with zero attached hydrogens (tertiary/aromatic N) is 8. The van der Waals surface area contributed by atoms with Crippen LogP contribution in [0.2, 0.25) is 5.28 Å². The molecule has 11 rings (SSSR count). The Labute approximate surface area is 476 Å². The Balaban J connectivity index is 0.000000212. The summed E-state index contributed by atoms with van der Waals surface area (Å²) in [5.74, 6) is -0.348. The van der Waals surface area contributed by atoms with Gasteiger partial charge in [-0.05, 0) is 146 Å². The molecule has 11 aromatic rings. The second-order valence-electron chi connectivity index (χ2n) is 17.4. The highest BCUT2D eigenvalue weighted by Crippen LogP contribution is 2.29. The molecule has 0 atom stereocenters. The third kappa shape index (κ3) is 16.9. The molecule has 0 spiro atoms. The number of carboxylic acids is 1. The number of carboxylic acid groups (broad SMARTS) is 1. The van der Waals surface area contributed by atoms with Gasteiger partial charge in [0.2, 0.25) is 11.2 Å². The summed E-state index contributed by atoms with van der Waals surface area (Å²) < 4.78 is 0. The number of pyridine rings is 3. The number of nitrogens with one attached hydrogen (secondary N) is 2. The Morgan fingerprint density at radius 3 is 1.51 bits per heavy atom. The monoisotopic (exact) mass is 1100 g/mol. The van der Waals surface area contributed by atoms with Gasteiger partial charge in [0.25, 0.3) is 5.91 Å². The summed E-state index contributed by atoms with van der Waals surface area (Å²) in [6.07, 6.45) is 4.97. The van der Waals surface area contributed by atoms with E-state index in [9.17, 15) is 9.59 Å². The van der Waals surface area contributed by atoms with Gasteiger partial charge in [0, 0.05) is 68.8 Å². The van der Waals surface area contributed by atoms with Crippen molar-refractivity contribution in [2.75, 3.05) is 27.8 Å². The molecule has 0 saturated carbocycles. The van der Waals surface area contributed by atoms with Crippen LogP contribution >= 0.6 is 11.6 Å². The number of aromatic carboxylic acids is 1. The van der Waals surface area contributed by atoms with Crippen molar-refractivity contribution in [3.05, 3.63) is 245 Å². The molecule has 0 unspecified atom stereocenters. The van der Waals surface area contributed by atoms with E-state index in [0.717, 1.165) is 72.6 Å². The van der Waals surface area contributed by atoms with Crippen molar-refractivity contribution in [3.8, 4) is 28.6 Å². The largest absolute Gasteiger partial charge is 0.478 e. The molecule has 0 bridgehead atoms. The Kier molecular flexibility index (Phi) is 22.5. The zero-order valence-corrected chi connectivity index (χ0v) is 44.3. The van der Waals surface area contributed by atoms with Gasteiger partial charge in [0.05, 0.1) is 22.5 Å². The zero-order valence-electron chi connectivity index (χ0n) is 43.5. The van der Waals surface area contributed by atoms with Crippen molar-refractivity contribution in [1.82, 2.24) is 34.9 Å². The van der Waals surface area contributed by atoms with E-state index in [1.54, 1.807) is 55.0 Å². The molecule has 0 fully saturated rings. The minimum absolute atomic E-state index is 0. The summed E-state index contributed by atoms with van der Waals surface area (Å²) in [6.45, 7) is 8.00. The van der Waals surface area contributed by atoms with Gasteiger partial charge in [-0.25, -0.2) is 29.7 Å². The average molecular weight is 1100 g/mol. The van der Waals surface area contributed by atoms with Gasteiger partial charge in [0.1, 0.15) is 11.9 Å². The van der Waals surface area contributed by atoms with Crippen LogP contribution in [0.1, 0.15) is 63.4 Å². The predicted octanol–water partition coefficient (Wildman–Crippen LogP) is 14.3. The summed E-state index contributed by atoms with van der Waals surface area (Å²) in [5.41, 5.74) is 29.9. The van der Waals surface area contributed by atoms with Crippen LogP contribution in [0, 0.1) is 39.0 Å². The first-order valence-electron chi connectivity index (χ1n) is 24.5. The number of aromatic nitrogens is 7. The van der Waals surface area contributed by atoms with Crippen LogP contribution in [0.15, 0.2) is 201 Å². The van der Waals surface area contributed by atoms with Crippen LogP contribution in [0.3, 0.4) is 0 Å². The molecule has 16 nitrogen and oxygen atoms in total. The number of amides is 1. The minimum Gasteiger partial charge on any atom is -0.478 e. The summed E-state index contributed by atoms with van der Waals surface area (Å²) in [5, 5.41) is 25.1. The number of para-hydroxylation sites is 2. The second-order valence-corrected chi connectivity index (χ2v) is 17.8. The van der Waals surface area contributed by atoms with Crippen LogP contribution in [0.5, 0.6) is 0 Å². The molecule has 408 valence electrons. The number of anilines is 6. The highest BCUT2D eigenvalue weighted by molar-refractivity contribution is 6.28. The molecule has 17 heteroatoms. The summed E-state index contributed by atoms with van der Waals surface area (Å²) in [6, 6.07) is 58.0. The molecule has 0 radical (unpaired) electrons. The summed E-state index contributed by atoms with van der Waals surface area (Å²) >= 11 is 5.91. The quantitative estimate of drug-likeness (QED) is 0.0640. The number of nitriles is 1. The standard InChI is InChI=1S/C28H23N5O.C13H8ClN3.C8H11N.C7H7NO2.C6H5N3.2CH4/c1-18-8-6-9-19(2)24(18)31-27(34)21-13-15-22(16-14-21)30-28-32-25(20-10-4-3-5-11-20)23-12-7-17-29-26(23)33-28;14-13-16-11(9-5-2-1-3-6-9)10-7-4-8-15-12(10)17-13;1-6-4-3-5-7(2)8(6)9;8-6-3-1-5(2-4-6)7(9)10;7-4-5-2-1-3-9-6(5)8;;/h3-17H,1-2H3,(H,31,34)(H,29,30,32,33);1-8H;3-5H,9H2,1-2H3;1-4H,8H2,(H,9,10);1-3H,(H2,8,9);2*1H4. The highest BCUT2D eigenvalue weighted by Gasteiger charge is 2.14. The molecule has 0 saturated heterocycles. The highest BCUT2D eigenvalue weighted by atomic mass is 35.5. The Morgan fingerprint density at radius 1 is 0.531 bits per heavy atom. The fourth-order valence-corrected chi connectivity index (χ4v) is 7.75. The number of hydrogen-bond acceptors (Lipinski definition) is 14. The van der Waals surface area contributed by atoms with Crippen LogP contribution in [0.25, 0.3) is 44.6 Å². The van der Waals surface area contributed by atoms with Gasteiger partial charge >= 0.3 is 5.97 Å². The molecule has 5 aromatic heterocycles. The lowest BCUT2D eigenvalue weighted by molar-refractivity contribution is 0.0696. The van der Waals surface area contributed by atoms with E-state index in [1.807, 2.05) is 167 Å². The maximum absolute atomic E-state index is 12.8. The lowest BCUT2D eigenvalue weighted by atomic mass is 10.1. The number of nitrogen functional groups attached to an aromatic ring is 3. The fraction of sp³-hybridized carbons (Fsp3) is 0.0938. The third-order valence-electron chi connectivity index (χ3n) is 11.8. The first-order valence-corrected chi connectivity index (χ1v) is 24.8. The lowest BCUT2D eigenvalue weighted by Crippen LogP contribution is -2.13. The molecule has 81 heavy (non-hydrogen) atoms. The Morgan fingerprint density at radius 2 is 1.01 bits per heavy atom. The number of nitrogens with two attached hydrogens (primary N) is 3. The van der Waals surface area contributed by atoms with E-state index in [-0.39, 0.29) is 31.6 Å². The van der Waals surface area contributed by atoms with E-state index in [1.165, 1.54) is 12.1 Å². The van der Waals surface area contributed by atoms with Gasteiger partial charge in [0.15, 0.2) is 11.3 Å². The van der Waals surface area contributed by atoms with E-state index < -0.39 is 5.97 Å². The molecule has 0 aliphatic rings. The molecule has 0 aliphatic carbocycles. The van der Waals surface area contributed by atoms with E-state index >= 15 is 0 Å². The molecule has 5 heterocycles. The fourth-order valence-electron chi connectivity index (χ4n) is 7.58. The zero-order chi connectivity index (χ0) is 56.3. The molecular weight excluding hydrogens is 1030 g/mol. The number of carbonyl (C=O) groups excluding carboxylic acids is 1. The number of hydrogen-bond donors (Lipinski definition) is 6. The second kappa shape index (κ2) is 29.8. The number of fused-ring (bicyclic) bond motifs is 2. The van der Waals surface area contributed by atoms with Gasteiger partial charge in [-0.15, -0.1) is 0 Å². The summed E-state index contributed by atoms with van der Waals surface area (Å²) in [4.78, 5) is 53.1. The minimum atomic E-state index is -0.931. The maximum atomic E-state index is 12.8. The predicted molar refractivity (Wildman–Crippen MR) is 329 cm³/mol. The maximum Gasteiger partial charge on any atom is 0.335 e. The molecule has 1 amide bonds. The SMILES string of the molecule is C.C.Cc1cccc(C)c1N.Cc1cccc(C)c1NC(=O)c1ccc(Nc2nc(-c3ccccc3)c3cccnc3n2)cc1.Clc1nc(-c2ccccc2)c2cccnc2n1.N#Cc1cccnc1N.Nc1ccc(C(=O)O)cc1. The topological polar surface area (TPSA) is 271 Å². The number of benzene rings is 6. The van der Waals surface area contributed by atoms with Crippen molar-refractivity contribution in [2.24, 2.45) is 0 Å². The number of aryl methyl sites for hydroxylation is 4. The first kappa shape index (κ1) is 61.2. The van der Waals surface area contributed by atoms with E-state index in [4.69, 9.17) is 44.2 Å². The average Bonchev–Trinajstić information content (AvgIpc) is 3.51. The van der Waals surface area contributed by atoms with Crippen LogP contribution in [0.4, 0.5) is 34.5 Å². The van der Waals surface area contributed by atoms with Crippen LogP contribution in [-0.2, 0) is 0 Å². The van der Waals surface area contributed by atoms with E-state index in [0.29, 0.717) is 39.9 Å². The molecule has 0 aliphatic heterocycles. The Hall–Kier alpha value is -10.6. The molecule has 6 aromatic carbocycles. The van der Waals surface area contributed by atoms with Gasteiger partial charge in [-0.3, -0.25) is 4.79 Å². The van der Waals surface area contributed by atoms with Gasteiger partial charge in [-0.1, -0.05) is 112 Å². The molecular formula is C64H62ClN13O3. The third-order valence-corrected chi connectivity index (χ3v) is 12.0. The van der Waals surface area contributed by atoms with Crippen molar-refractivity contribution in [3.63, 3.8) is 0 Å². The number of halogens is 1. The van der Waals surface area contributed by atoms with E-state index in [2.05, 4.69) is 40.5 Å². The van der Waals surface area contributed by atoms with Crippen molar-refractivity contribution in [2.45, 2.75) is 42.5 Å². The van der Waals surface area contributed by atoms with Gasteiger partial charge in [-0.2, -0.15) is 15.2 Å². The lowest BCUT2D eigenvalue weighted by Gasteiger charge is -2.12. The first-order chi connectivity index (χ1) is 38.2. The van der Waals surface area contributed by atoms with Crippen LogP contribution in [-0.4, -0.2) is 51.9 Å². The smallest absolute Gasteiger partial charge is 0.335 e. The molecule has 9 N–H and O–H groups in total. The van der Waals surface area contributed by atoms with Crippen LogP contribution < -0.4 is 27.8 Å².